The SMILES string of the molecule is Cc1nc(CCNC(=O)c2cc(Br)ccc2Br)cs1. The standard InChI is InChI=1S/C13H12Br2N2OS/c1-8-17-10(7-19-8)4-5-16-13(18)11-6-9(14)2-3-12(11)15/h2-3,6-7H,4-5H2,1H3,(H,16,18). The summed E-state index contributed by atoms with van der Waals surface area (Å²) in [5.74, 6) is -0.0832. The Kier molecular flexibility index (Phi) is 5.13. The molecule has 1 N–H and O–H groups in total. The quantitative estimate of drug-likeness (QED) is 0.839. The average Bonchev–Trinajstić information content (AvgIpc) is 2.78. The molecule has 0 spiro atoms. The third-order valence-electron chi connectivity index (χ3n) is 2.51. The van der Waals surface area contributed by atoms with E-state index in [0.29, 0.717) is 12.1 Å². The summed E-state index contributed by atoms with van der Waals surface area (Å²) in [6, 6.07) is 5.54. The highest BCUT2D eigenvalue weighted by atomic mass is 79.9. The maximum atomic E-state index is 12.0. The van der Waals surface area contributed by atoms with Gasteiger partial charge in [0.05, 0.1) is 16.3 Å². The molecule has 6 heteroatoms. The van der Waals surface area contributed by atoms with Crippen molar-refractivity contribution in [1.82, 2.24) is 10.3 Å². The van der Waals surface area contributed by atoms with Crippen LogP contribution in [0.4, 0.5) is 0 Å². The van der Waals surface area contributed by atoms with E-state index >= 15 is 0 Å². The molecular formula is C13H12Br2N2OS. The molecule has 2 aromatic rings. The summed E-state index contributed by atoms with van der Waals surface area (Å²) < 4.78 is 1.67. The van der Waals surface area contributed by atoms with Crippen molar-refractivity contribution in [2.75, 3.05) is 6.54 Å². The smallest absolute Gasteiger partial charge is 0.252 e. The first kappa shape index (κ1) is 14.7. The van der Waals surface area contributed by atoms with E-state index in [-0.39, 0.29) is 5.91 Å². The van der Waals surface area contributed by atoms with Crippen LogP contribution in [-0.4, -0.2) is 17.4 Å². The third kappa shape index (κ3) is 4.12. The number of aromatic nitrogens is 1. The predicted octanol–water partition coefficient (Wildman–Crippen LogP) is 3.95. The van der Waals surface area contributed by atoms with Crippen molar-refractivity contribution in [3.05, 3.63) is 48.8 Å². The monoisotopic (exact) mass is 402 g/mol. The van der Waals surface area contributed by atoms with Crippen molar-refractivity contribution in [1.29, 1.82) is 0 Å². The van der Waals surface area contributed by atoms with Gasteiger partial charge in [0.25, 0.3) is 5.91 Å². The van der Waals surface area contributed by atoms with Crippen molar-refractivity contribution in [2.24, 2.45) is 0 Å². The maximum Gasteiger partial charge on any atom is 0.252 e. The third-order valence-corrected chi connectivity index (χ3v) is 4.51. The Labute approximate surface area is 132 Å². The molecule has 0 atom stereocenters. The number of carbonyl (C=O) groups is 1. The van der Waals surface area contributed by atoms with E-state index in [2.05, 4.69) is 42.2 Å². The van der Waals surface area contributed by atoms with Crippen LogP contribution in [0.2, 0.25) is 0 Å². The van der Waals surface area contributed by atoms with Crippen LogP contribution in [-0.2, 0) is 6.42 Å². The minimum Gasteiger partial charge on any atom is -0.352 e. The van der Waals surface area contributed by atoms with E-state index in [9.17, 15) is 4.79 Å². The van der Waals surface area contributed by atoms with E-state index in [1.807, 2.05) is 24.4 Å². The van der Waals surface area contributed by atoms with Crippen LogP contribution in [0, 0.1) is 6.92 Å². The number of amides is 1. The molecule has 0 saturated carbocycles. The van der Waals surface area contributed by atoms with Crippen LogP contribution in [0.3, 0.4) is 0 Å². The molecule has 1 heterocycles. The second-order valence-electron chi connectivity index (χ2n) is 3.99. The molecule has 1 aromatic heterocycles. The highest BCUT2D eigenvalue weighted by molar-refractivity contribution is 9.11. The molecule has 0 fully saturated rings. The average molecular weight is 404 g/mol. The molecule has 1 amide bonds. The molecule has 0 radical (unpaired) electrons. The Balaban J connectivity index is 1.92. The summed E-state index contributed by atoms with van der Waals surface area (Å²) in [4.78, 5) is 16.4. The van der Waals surface area contributed by atoms with E-state index in [4.69, 9.17) is 0 Å². The molecule has 3 nitrogen and oxygen atoms in total. The number of hydrogen-bond acceptors (Lipinski definition) is 3. The number of benzene rings is 1. The Bertz CT molecular complexity index is 598. The Morgan fingerprint density at radius 1 is 1.42 bits per heavy atom. The lowest BCUT2D eigenvalue weighted by molar-refractivity contribution is 0.0953. The number of nitrogens with one attached hydrogen (secondary N) is 1. The lowest BCUT2D eigenvalue weighted by Crippen LogP contribution is -2.26. The van der Waals surface area contributed by atoms with Crippen molar-refractivity contribution in [2.45, 2.75) is 13.3 Å². The first-order chi connectivity index (χ1) is 9.06. The highest BCUT2D eigenvalue weighted by Crippen LogP contribution is 2.21. The van der Waals surface area contributed by atoms with Crippen LogP contribution in [0.1, 0.15) is 21.1 Å². The summed E-state index contributed by atoms with van der Waals surface area (Å²) in [6.07, 6.45) is 0.752. The zero-order valence-corrected chi connectivity index (χ0v) is 14.2. The first-order valence-electron chi connectivity index (χ1n) is 5.70. The van der Waals surface area contributed by atoms with Gasteiger partial charge in [0.1, 0.15) is 0 Å². The molecule has 0 saturated heterocycles. The van der Waals surface area contributed by atoms with E-state index in [1.165, 1.54) is 0 Å². The summed E-state index contributed by atoms with van der Waals surface area (Å²) in [5.41, 5.74) is 1.65. The fourth-order valence-corrected chi connectivity index (χ4v) is 3.03. The predicted molar refractivity (Wildman–Crippen MR) is 84.7 cm³/mol. The fourth-order valence-electron chi connectivity index (χ4n) is 1.59. The number of aryl methyl sites for hydroxylation is 1. The number of hydrogen-bond donors (Lipinski definition) is 1. The molecule has 0 aliphatic heterocycles. The van der Waals surface area contributed by atoms with E-state index in [0.717, 1.165) is 26.1 Å². The molecule has 0 aliphatic rings. The minimum absolute atomic E-state index is 0.0832. The zero-order chi connectivity index (χ0) is 13.8. The number of rotatable bonds is 4. The van der Waals surface area contributed by atoms with Crippen molar-refractivity contribution >= 4 is 49.1 Å². The Morgan fingerprint density at radius 3 is 2.89 bits per heavy atom. The second kappa shape index (κ2) is 6.63. The first-order valence-corrected chi connectivity index (χ1v) is 8.17. The molecule has 100 valence electrons. The normalized spacial score (nSPS) is 10.5. The highest BCUT2D eigenvalue weighted by Gasteiger charge is 2.10. The second-order valence-corrected chi connectivity index (χ2v) is 6.82. The number of halogens is 2. The van der Waals surface area contributed by atoms with Gasteiger partial charge in [0.15, 0.2) is 0 Å². The Morgan fingerprint density at radius 2 is 2.21 bits per heavy atom. The zero-order valence-electron chi connectivity index (χ0n) is 10.2. The maximum absolute atomic E-state index is 12.0. The molecule has 0 aliphatic carbocycles. The van der Waals surface area contributed by atoms with Gasteiger partial charge in [-0.1, -0.05) is 15.9 Å². The van der Waals surface area contributed by atoms with Crippen LogP contribution in [0.15, 0.2) is 32.5 Å². The van der Waals surface area contributed by atoms with Gasteiger partial charge in [-0.15, -0.1) is 11.3 Å². The lowest BCUT2D eigenvalue weighted by Gasteiger charge is -2.06. The molecule has 19 heavy (non-hydrogen) atoms. The number of carbonyl (C=O) groups excluding carboxylic acids is 1. The van der Waals surface area contributed by atoms with Crippen LogP contribution in [0.5, 0.6) is 0 Å². The molecular weight excluding hydrogens is 392 g/mol. The lowest BCUT2D eigenvalue weighted by atomic mass is 10.2. The van der Waals surface area contributed by atoms with E-state index < -0.39 is 0 Å². The van der Waals surface area contributed by atoms with Gasteiger partial charge in [-0.3, -0.25) is 4.79 Å². The van der Waals surface area contributed by atoms with Gasteiger partial charge >= 0.3 is 0 Å². The minimum atomic E-state index is -0.0832. The van der Waals surface area contributed by atoms with Crippen LogP contribution >= 0.6 is 43.2 Å². The van der Waals surface area contributed by atoms with Crippen LogP contribution in [0.25, 0.3) is 0 Å². The Hall–Kier alpha value is -0.720. The summed E-state index contributed by atoms with van der Waals surface area (Å²) in [5, 5.41) is 5.98. The molecule has 0 bridgehead atoms. The number of thiazole rings is 1. The van der Waals surface area contributed by atoms with Gasteiger partial charge in [-0.25, -0.2) is 4.98 Å². The summed E-state index contributed by atoms with van der Waals surface area (Å²) in [6.45, 7) is 2.56. The molecule has 1 aromatic carbocycles. The van der Waals surface area contributed by atoms with Crippen molar-refractivity contribution in [3.63, 3.8) is 0 Å². The van der Waals surface area contributed by atoms with Gasteiger partial charge in [0.2, 0.25) is 0 Å². The van der Waals surface area contributed by atoms with Crippen LogP contribution < -0.4 is 5.32 Å². The van der Waals surface area contributed by atoms with Crippen molar-refractivity contribution < 1.29 is 4.79 Å². The largest absolute Gasteiger partial charge is 0.352 e. The van der Waals surface area contributed by atoms with E-state index in [1.54, 1.807) is 17.4 Å². The summed E-state index contributed by atoms with van der Waals surface area (Å²) >= 11 is 8.37. The van der Waals surface area contributed by atoms with Gasteiger partial charge in [-0.05, 0) is 41.1 Å². The molecule has 0 unspecified atom stereocenters. The van der Waals surface area contributed by atoms with Gasteiger partial charge in [0, 0.05) is 27.3 Å². The summed E-state index contributed by atoms with van der Waals surface area (Å²) in [7, 11) is 0. The van der Waals surface area contributed by atoms with Gasteiger partial charge in [-0.2, -0.15) is 0 Å². The van der Waals surface area contributed by atoms with Gasteiger partial charge < -0.3 is 5.32 Å². The molecule has 2 rings (SSSR count). The van der Waals surface area contributed by atoms with Crippen molar-refractivity contribution in [3.8, 4) is 0 Å². The topological polar surface area (TPSA) is 42.0 Å². The number of nitrogens with zero attached hydrogens (tertiary/aromatic N) is 1. The fraction of sp³-hybridized carbons (Fsp3) is 0.231.